The van der Waals surface area contributed by atoms with Crippen molar-refractivity contribution in [2.75, 3.05) is 6.54 Å². The highest BCUT2D eigenvalue weighted by atomic mass is 19.1. The first-order valence-electron chi connectivity index (χ1n) is 7.16. The highest BCUT2D eigenvalue weighted by molar-refractivity contribution is 5.73. The largest absolute Gasteiger partial charge is 0.392 e. The summed E-state index contributed by atoms with van der Waals surface area (Å²) in [5.74, 6) is -1.76. The molecule has 1 aliphatic rings. The van der Waals surface area contributed by atoms with E-state index < -0.39 is 29.9 Å². The molecule has 1 aliphatic heterocycles. The molecule has 4 atom stereocenters. The van der Waals surface area contributed by atoms with Gasteiger partial charge in [0.1, 0.15) is 11.6 Å². The van der Waals surface area contributed by atoms with E-state index >= 15 is 0 Å². The standard InChI is InChI=1S/C15H20F2N2O3/c1-8(20)19-14(15(22)13-6-12(21)7-18-13)4-9-2-10(16)5-11(17)3-9/h2-3,5,12-15,18,21-22H,4,6-7H2,1H3,(H,19,20). The van der Waals surface area contributed by atoms with Gasteiger partial charge < -0.3 is 20.8 Å². The van der Waals surface area contributed by atoms with Gasteiger partial charge in [0, 0.05) is 25.6 Å². The van der Waals surface area contributed by atoms with Gasteiger partial charge >= 0.3 is 0 Å². The van der Waals surface area contributed by atoms with Gasteiger partial charge in [-0.2, -0.15) is 0 Å². The molecule has 1 aromatic carbocycles. The number of benzene rings is 1. The van der Waals surface area contributed by atoms with Gasteiger partial charge in [-0.25, -0.2) is 8.78 Å². The summed E-state index contributed by atoms with van der Waals surface area (Å²) in [7, 11) is 0. The average molecular weight is 314 g/mol. The third-order valence-electron chi connectivity index (χ3n) is 3.73. The fourth-order valence-corrected chi connectivity index (χ4v) is 2.79. The summed E-state index contributed by atoms with van der Waals surface area (Å²) in [5.41, 5.74) is 0.342. The number of aliphatic hydroxyl groups is 2. The van der Waals surface area contributed by atoms with Crippen LogP contribution in [0.15, 0.2) is 18.2 Å². The number of amides is 1. The molecule has 7 heteroatoms. The lowest BCUT2D eigenvalue weighted by molar-refractivity contribution is -0.120. The van der Waals surface area contributed by atoms with Gasteiger partial charge in [-0.05, 0) is 30.5 Å². The average Bonchev–Trinajstić information content (AvgIpc) is 2.82. The number of β-amino-alcohol motifs (C(OH)–C–C–N with tert-alkyl or cyclic N) is 1. The normalized spacial score (nSPS) is 24.0. The second-order valence-corrected chi connectivity index (χ2v) is 5.68. The summed E-state index contributed by atoms with van der Waals surface area (Å²) >= 11 is 0. The molecule has 2 rings (SSSR count). The zero-order chi connectivity index (χ0) is 16.3. The number of carbonyl (C=O) groups is 1. The molecule has 0 bridgehead atoms. The van der Waals surface area contributed by atoms with Gasteiger partial charge in [0.2, 0.25) is 5.91 Å². The highest BCUT2D eigenvalue weighted by Gasteiger charge is 2.33. The Bertz CT molecular complexity index is 521. The first-order valence-corrected chi connectivity index (χ1v) is 7.16. The summed E-state index contributed by atoms with van der Waals surface area (Å²) in [6, 6.07) is 2.01. The predicted octanol–water partition coefficient (Wildman–Crippen LogP) is 0.0957. The molecule has 4 N–H and O–H groups in total. The molecule has 0 aliphatic carbocycles. The van der Waals surface area contributed by atoms with Gasteiger partial charge in [-0.1, -0.05) is 0 Å². The molecule has 0 aromatic heterocycles. The van der Waals surface area contributed by atoms with Crippen molar-refractivity contribution in [3.8, 4) is 0 Å². The Kier molecular flexibility index (Phi) is 5.44. The van der Waals surface area contributed by atoms with Crippen LogP contribution in [0.5, 0.6) is 0 Å². The van der Waals surface area contributed by atoms with E-state index in [1.165, 1.54) is 19.1 Å². The lowest BCUT2D eigenvalue weighted by atomic mass is 9.95. The van der Waals surface area contributed by atoms with Crippen molar-refractivity contribution in [1.29, 1.82) is 0 Å². The number of halogens is 2. The van der Waals surface area contributed by atoms with Crippen LogP contribution in [0.2, 0.25) is 0 Å². The molecule has 0 spiro atoms. The lowest BCUT2D eigenvalue weighted by Gasteiger charge is -2.28. The van der Waals surface area contributed by atoms with Crippen LogP contribution in [0.3, 0.4) is 0 Å². The van der Waals surface area contributed by atoms with E-state index in [4.69, 9.17) is 0 Å². The molecule has 122 valence electrons. The number of aliphatic hydroxyl groups excluding tert-OH is 2. The van der Waals surface area contributed by atoms with Crippen molar-refractivity contribution >= 4 is 5.91 Å². The molecule has 5 nitrogen and oxygen atoms in total. The Balaban J connectivity index is 2.13. The summed E-state index contributed by atoms with van der Waals surface area (Å²) < 4.78 is 26.5. The van der Waals surface area contributed by atoms with E-state index in [0.29, 0.717) is 18.5 Å². The van der Waals surface area contributed by atoms with Crippen molar-refractivity contribution in [2.24, 2.45) is 0 Å². The highest BCUT2D eigenvalue weighted by Crippen LogP contribution is 2.17. The molecule has 1 amide bonds. The van der Waals surface area contributed by atoms with Crippen molar-refractivity contribution in [1.82, 2.24) is 10.6 Å². The molecule has 1 saturated heterocycles. The molecule has 22 heavy (non-hydrogen) atoms. The predicted molar refractivity (Wildman–Crippen MR) is 76.1 cm³/mol. The molecule has 1 fully saturated rings. The topological polar surface area (TPSA) is 81.6 Å². The molecule has 1 heterocycles. The Morgan fingerprint density at radius 1 is 1.41 bits per heavy atom. The zero-order valence-corrected chi connectivity index (χ0v) is 12.2. The van der Waals surface area contributed by atoms with Crippen LogP contribution in [-0.2, 0) is 11.2 Å². The molecule has 0 radical (unpaired) electrons. The Labute approximate surface area is 127 Å². The van der Waals surface area contributed by atoms with Gasteiger partial charge in [-0.3, -0.25) is 4.79 Å². The van der Waals surface area contributed by atoms with Crippen LogP contribution < -0.4 is 10.6 Å². The van der Waals surface area contributed by atoms with E-state index in [1.807, 2.05) is 0 Å². The smallest absolute Gasteiger partial charge is 0.217 e. The summed E-state index contributed by atoms with van der Waals surface area (Å²) in [4.78, 5) is 11.3. The monoisotopic (exact) mass is 314 g/mol. The van der Waals surface area contributed by atoms with Gasteiger partial charge in [0.25, 0.3) is 0 Å². The number of carbonyl (C=O) groups excluding carboxylic acids is 1. The maximum atomic E-state index is 13.3. The van der Waals surface area contributed by atoms with Crippen LogP contribution >= 0.6 is 0 Å². The minimum Gasteiger partial charge on any atom is -0.392 e. The van der Waals surface area contributed by atoms with Gasteiger partial charge in [-0.15, -0.1) is 0 Å². The second kappa shape index (κ2) is 7.13. The summed E-state index contributed by atoms with van der Waals surface area (Å²) in [6.07, 6.45) is -1.09. The first kappa shape index (κ1) is 16.8. The summed E-state index contributed by atoms with van der Waals surface area (Å²) in [6.45, 7) is 1.67. The number of hydrogen-bond donors (Lipinski definition) is 4. The van der Waals surface area contributed by atoms with Crippen LogP contribution in [0.1, 0.15) is 18.9 Å². The number of hydrogen-bond acceptors (Lipinski definition) is 4. The van der Waals surface area contributed by atoms with E-state index in [1.54, 1.807) is 0 Å². The number of rotatable bonds is 5. The van der Waals surface area contributed by atoms with E-state index in [-0.39, 0.29) is 18.4 Å². The van der Waals surface area contributed by atoms with Gasteiger partial charge in [0.05, 0.1) is 18.2 Å². The Hall–Kier alpha value is -1.57. The molecule has 1 aromatic rings. The molecule has 0 saturated carbocycles. The quantitative estimate of drug-likeness (QED) is 0.621. The minimum atomic E-state index is -0.979. The van der Waals surface area contributed by atoms with Crippen molar-refractivity contribution in [3.05, 3.63) is 35.4 Å². The minimum absolute atomic E-state index is 0.0870. The SMILES string of the molecule is CC(=O)NC(Cc1cc(F)cc(F)c1)C(O)C1CC(O)CN1. The van der Waals surface area contributed by atoms with Crippen molar-refractivity contribution in [3.63, 3.8) is 0 Å². The molecular formula is C15H20F2N2O3. The first-order chi connectivity index (χ1) is 10.3. The van der Waals surface area contributed by atoms with Crippen molar-refractivity contribution < 1.29 is 23.8 Å². The third-order valence-corrected chi connectivity index (χ3v) is 3.73. The Morgan fingerprint density at radius 2 is 2.05 bits per heavy atom. The second-order valence-electron chi connectivity index (χ2n) is 5.68. The fraction of sp³-hybridized carbons (Fsp3) is 0.533. The van der Waals surface area contributed by atoms with E-state index in [2.05, 4.69) is 10.6 Å². The zero-order valence-electron chi connectivity index (χ0n) is 12.2. The fourth-order valence-electron chi connectivity index (χ4n) is 2.79. The maximum absolute atomic E-state index is 13.3. The van der Waals surface area contributed by atoms with Crippen LogP contribution in [0, 0.1) is 11.6 Å². The Morgan fingerprint density at radius 3 is 2.55 bits per heavy atom. The van der Waals surface area contributed by atoms with Crippen LogP contribution in [0.4, 0.5) is 8.78 Å². The maximum Gasteiger partial charge on any atom is 0.217 e. The van der Waals surface area contributed by atoms with Crippen LogP contribution in [-0.4, -0.2) is 47.0 Å². The molecular weight excluding hydrogens is 294 g/mol. The lowest BCUT2D eigenvalue weighted by Crippen LogP contribution is -2.51. The van der Waals surface area contributed by atoms with E-state index in [9.17, 15) is 23.8 Å². The van der Waals surface area contributed by atoms with Crippen molar-refractivity contribution in [2.45, 2.75) is 44.1 Å². The van der Waals surface area contributed by atoms with Gasteiger partial charge in [0.15, 0.2) is 0 Å². The number of nitrogens with one attached hydrogen (secondary N) is 2. The van der Waals surface area contributed by atoms with E-state index in [0.717, 1.165) is 6.07 Å². The third kappa shape index (κ3) is 4.46. The molecule has 4 unspecified atom stereocenters. The summed E-state index contributed by atoms with van der Waals surface area (Å²) in [5, 5.41) is 25.5. The van der Waals surface area contributed by atoms with Crippen LogP contribution in [0.25, 0.3) is 0 Å².